The van der Waals surface area contributed by atoms with Gasteiger partial charge in [0.15, 0.2) is 11.5 Å². The van der Waals surface area contributed by atoms with Crippen molar-refractivity contribution in [2.45, 2.75) is 11.8 Å². The molecule has 7 nitrogen and oxygen atoms in total. The van der Waals surface area contributed by atoms with Gasteiger partial charge in [0.25, 0.3) is 10.0 Å². The molecular weight excluding hydrogens is 334 g/mol. The minimum absolute atomic E-state index is 0.00284. The number of rotatable bonds is 4. The van der Waals surface area contributed by atoms with Gasteiger partial charge in [0, 0.05) is 6.07 Å². The van der Waals surface area contributed by atoms with Crippen LogP contribution in [-0.4, -0.2) is 28.3 Å². The second-order valence-electron chi connectivity index (χ2n) is 5.15. The number of esters is 1. The number of anilines is 1. The highest BCUT2D eigenvalue weighted by molar-refractivity contribution is 7.92. The highest BCUT2D eigenvalue weighted by atomic mass is 32.2. The fourth-order valence-corrected chi connectivity index (χ4v) is 3.63. The molecule has 0 bridgehead atoms. The number of aryl methyl sites for hydroxylation is 1. The molecule has 0 saturated heterocycles. The van der Waals surface area contributed by atoms with Crippen molar-refractivity contribution in [1.29, 1.82) is 0 Å². The van der Waals surface area contributed by atoms with Gasteiger partial charge in [0.1, 0.15) is 0 Å². The molecule has 1 heterocycles. The van der Waals surface area contributed by atoms with Crippen LogP contribution in [0.25, 0.3) is 0 Å². The molecule has 0 saturated carbocycles. The first-order valence-electron chi connectivity index (χ1n) is 7.02. The van der Waals surface area contributed by atoms with Crippen molar-refractivity contribution in [3.8, 4) is 11.5 Å². The Kier molecular flexibility index (Phi) is 4.06. The third-order valence-electron chi connectivity index (χ3n) is 3.52. The van der Waals surface area contributed by atoms with Gasteiger partial charge in [-0.25, -0.2) is 13.2 Å². The van der Waals surface area contributed by atoms with E-state index in [9.17, 15) is 13.2 Å². The minimum Gasteiger partial charge on any atom is -0.465 e. The summed E-state index contributed by atoms with van der Waals surface area (Å²) in [5, 5.41) is 0. The van der Waals surface area contributed by atoms with Crippen LogP contribution in [0.15, 0.2) is 41.3 Å². The molecule has 2 aromatic rings. The number of benzene rings is 2. The quantitative estimate of drug-likeness (QED) is 0.852. The molecule has 1 aliphatic rings. The molecule has 0 fully saturated rings. The first-order chi connectivity index (χ1) is 11.4. The third kappa shape index (κ3) is 3.00. The third-order valence-corrected chi connectivity index (χ3v) is 5.05. The number of hydrogen-bond donors (Lipinski definition) is 1. The van der Waals surface area contributed by atoms with E-state index in [1.807, 2.05) is 0 Å². The summed E-state index contributed by atoms with van der Waals surface area (Å²) < 4.78 is 42.8. The maximum absolute atomic E-state index is 12.7. The Labute approximate surface area is 139 Å². The Morgan fingerprint density at radius 2 is 1.88 bits per heavy atom. The van der Waals surface area contributed by atoms with Crippen molar-refractivity contribution >= 4 is 21.7 Å². The zero-order valence-electron chi connectivity index (χ0n) is 13.0. The summed E-state index contributed by atoms with van der Waals surface area (Å²) in [6, 6.07) is 9.10. The van der Waals surface area contributed by atoms with Crippen LogP contribution < -0.4 is 14.2 Å². The average molecular weight is 349 g/mol. The lowest BCUT2D eigenvalue weighted by Gasteiger charge is -2.12. The molecule has 2 aromatic carbocycles. The predicted octanol–water partition coefficient (Wildman–Crippen LogP) is 2.31. The van der Waals surface area contributed by atoms with Crippen LogP contribution in [-0.2, 0) is 14.8 Å². The number of carbonyl (C=O) groups is 1. The van der Waals surface area contributed by atoms with Crippen LogP contribution in [0.2, 0.25) is 0 Å². The molecule has 0 amide bonds. The molecule has 0 atom stereocenters. The minimum atomic E-state index is -3.88. The summed E-state index contributed by atoms with van der Waals surface area (Å²) in [6.45, 7) is 1.75. The highest BCUT2D eigenvalue weighted by Gasteiger charge is 2.21. The molecule has 126 valence electrons. The van der Waals surface area contributed by atoms with Crippen molar-refractivity contribution in [2.75, 3.05) is 18.6 Å². The molecule has 24 heavy (non-hydrogen) atoms. The molecule has 0 unspecified atom stereocenters. The number of methoxy groups -OCH3 is 1. The van der Waals surface area contributed by atoms with Crippen LogP contribution in [0.3, 0.4) is 0 Å². The SMILES string of the molecule is COC(=O)c1ccc(C)c(S(=O)(=O)Nc2ccc3c(c2)OCO3)c1. The van der Waals surface area contributed by atoms with Gasteiger partial charge < -0.3 is 14.2 Å². The molecule has 0 aromatic heterocycles. The summed E-state index contributed by atoms with van der Waals surface area (Å²) in [5.74, 6) is 0.423. The Morgan fingerprint density at radius 1 is 1.12 bits per heavy atom. The van der Waals surface area contributed by atoms with Gasteiger partial charge in [-0.2, -0.15) is 0 Å². The molecular formula is C16H15NO6S. The molecule has 1 N–H and O–H groups in total. The Hall–Kier alpha value is -2.74. The van der Waals surface area contributed by atoms with Gasteiger partial charge in [0.2, 0.25) is 6.79 Å². The number of sulfonamides is 1. The van der Waals surface area contributed by atoms with Gasteiger partial charge in [0.05, 0.1) is 23.3 Å². The maximum atomic E-state index is 12.7. The van der Waals surface area contributed by atoms with Crippen LogP contribution in [0.5, 0.6) is 11.5 Å². The Balaban J connectivity index is 1.94. The molecule has 0 aliphatic carbocycles. The summed E-state index contributed by atoms with van der Waals surface area (Å²) >= 11 is 0. The Bertz CT molecular complexity index is 907. The fraction of sp³-hybridized carbons (Fsp3) is 0.188. The van der Waals surface area contributed by atoms with E-state index in [1.165, 1.54) is 19.2 Å². The van der Waals surface area contributed by atoms with E-state index in [-0.39, 0.29) is 17.3 Å². The first-order valence-corrected chi connectivity index (χ1v) is 8.50. The summed E-state index contributed by atoms with van der Waals surface area (Å²) in [5.41, 5.74) is 1.01. The average Bonchev–Trinajstić information content (AvgIpc) is 3.01. The summed E-state index contributed by atoms with van der Waals surface area (Å²) in [4.78, 5) is 11.6. The van der Waals surface area contributed by atoms with Gasteiger partial charge in [-0.05, 0) is 36.8 Å². The molecule has 0 radical (unpaired) electrons. The van der Waals surface area contributed by atoms with E-state index in [0.29, 0.717) is 22.7 Å². The molecule has 8 heteroatoms. The van der Waals surface area contributed by atoms with E-state index < -0.39 is 16.0 Å². The maximum Gasteiger partial charge on any atom is 0.337 e. The zero-order valence-corrected chi connectivity index (χ0v) is 13.8. The van der Waals surface area contributed by atoms with Crippen molar-refractivity contribution in [3.05, 3.63) is 47.5 Å². The smallest absolute Gasteiger partial charge is 0.337 e. The Morgan fingerprint density at radius 3 is 2.62 bits per heavy atom. The summed E-state index contributed by atoms with van der Waals surface area (Å²) in [7, 11) is -2.64. The lowest BCUT2D eigenvalue weighted by atomic mass is 10.1. The van der Waals surface area contributed by atoms with Crippen molar-refractivity contribution in [2.24, 2.45) is 0 Å². The molecule has 1 aliphatic heterocycles. The second kappa shape index (κ2) is 6.04. The fourth-order valence-electron chi connectivity index (χ4n) is 2.30. The van der Waals surface area contributed by atoms with Crippen LogP contribution in [0.1, 0.15) is 15.9 Å². The number of fused-ring (bicyclic) bond motifs is 1. The van der Waals surface area contributed by atoms with Crippen LogP contribution in [0.4, 0.5) is 5.69 Å². The van der Waals surface area contributed by atoms with E-state index in [2.05, 4.69) is 9.46 Å². The molecule has 0 spiro atoms. The van der Waals surface area contributed by atoms with Crippen molar-refractivity contribution in [1.82, 2.24) is 0 Å². The number of carbonyl (C=O) groups excluding carboxylic acids is 1. The largest absolute Gasteiger partial charge is 0.465 e. The van der Waals surface area contributed by atoms with E-state index in [1.54, 1.807) is 31.2 Å². The van der Waals surface area contributed by atoms with Crippen LogP contribution in [0, 0.1) is 6.92 Å². The van der Waals surface area contributed by atoms with Crippen molar-refractivity contribution in [3.63, 3.8) is 0 Å². The lowest BCUT2D eigenvalue weighted by molar-refractivity contribution is 0.0600. The molecule has 3 rings (SSSR count). The second-order valence-corrected chi connectivity index (χ2v) is 6.80. The predicted molar refractivity (Wildman–Crippen MR) is 85.9 cm³/mol. The van der Waals surface area contributed by atoms with Gasteiger partial charge in [-0.1, -0.05) is 6.07 Å². The number of ether oxygens (including phenoxy) is 3. The first kappa shape index (κ1) is 16.1. The standard InChI is InChI=1S/C16H15NO6S/c1-10-3-4-11(16(18)21-2)7-15(10)24(19,20)17-12-5-6-13-14(8-12)23-9-22-13/h3-8,17H,9H2,1-2H3. The van der Waals surface area contributed by atoms with Crippen LogP contribution >= 0.6 is 0 Å². The highest BCUT2D eigenvalue weighted by Crippen LogP contribution is 2.35. The monoisotopic (exact) mass is 349 g/mol. The zero-order chi connectivity index (χ0) is 17.3. The van der Waals surface area contributed by atoms with Gasteiger partial charge >= 0.3 is 5.97 Å². The summed E-state index contributed by atoms with van der Waals surface area (Å²) in [6.07, 6.45) is 0. The van der Waals surface area contributed by atoms with Gasteiger partial charge in [-0.3, -0.25) is 4.72 Å². The number of nitrogens with one attached hydrogen (secondary N) is 1. The van der Waals surface area contributed by atoms with Crippen molar-refractivity contribution < 1.29 is 27.4 Å². The lowest BCUT2D eigenvalue weighted by Crippen LogP contribution is -2.15. The normalized spacial score (nSPS) is 12.8. The number of hydrogen-bond acceptors (Lipinski definition) is 6. The van der Waals surface area contributed by atoms with E-state index in [4.69, 9.17) is 9.47 Å². The van der Waals surface area contributed by atoms with Gasteiger partial charge in [-0.15, -0.1) is 0 Å². The van der Waals surface area contributed by atoms with E-state index >= 15 is 0 Å². The van der Waals surface area contributed by atoms with E-state index in [0.717, 1.165) is 0 Å². The topological polar surface area (TPSA) is 90.9 Å².